The average Bonchev–Trinajstić information content (AvgIpc) is 2.33. The minimum Gasteiger partial charge on any atom is -0.388 e. The van der Waals surface area contributed by atoms with Gasteiger partial charge in [-0.3, -0.25) is 9.78 Å². The predicted octanol–water partition coefficient (Wildman–Crippen LogP) is 1.13. The van der Waals surface area contributed by atoms with Crippen LogP contribution in [0.15, 0.2) is 30.6 Å². The molecule has 2 rings (SSSR count). The van der Waals surface area contributed by atoms with Crippen molar-refractivity contribution in [2.75, 3.05) is 6.54 Å². The summed E-state index contributed by atoms with van der Waals surface area (Å²) < 4.78 is 0. The Morgan fingerprint density at radius 2 is 2.41 bits per heavy atom. The second-order valence-electron chi connectivity index (χ2n) is 4.42. The van der Waals surface area contributed by atoms with Gasteiger partial charge in [-0.25, -0.2) is 0 Å². The fourth-order valence-electron chi connectivity index (χ4n) is 1.72. The quantitative estimate of drug-likeness (QED) is 0.765. The number of carbonyl (C=O) groups is 1. The van der Waals surface area contributed by atoms with Gasteiger partial charge in [0.25, 0.3) is 0 Å². The van der Waals surface area contributed by atoms with E-state index >= 15 is 0 Å². The van der Waals surface area contributed by atoms with E-state index in [1.807, 2.05) is 12.1 Å². The van der Waals surface area contributed by atoms with Crippen LogP contribution in [0, 0.1) is 0 Å². The van der Waals surface area contributed by atoms with Crippen LogP contribution in [0.1, 0.15) is 24.8 Å². The molecule has 1 amide bonds. The van der Waals surface area contributed by atoms with E-state index < -0.39 is 5.60 Å². The summed E-state index contributed by atoms with van der Waals surface area (Å²) in [7, 11) is 0. The van der Waals surface area contributed by atoms with Gasteiger partial charge in [-0.1, -0.05) is 6.07 Å². The number of aliphatic hydroxyl groups is 1. The van der Waals surface area contributed by atoms with Crippen molar-refractivity contribution in [1.82, 2.24) is 10.3 Å². The van der Waals surface area contributed by atoms with Crippen LogP contribution in [-0.2, 0) is 4.79 Å². The summed E-state index contributed by atoms with van der Waals surface area (Å²) in [4.78, 5) is 15.4. The summed E-state index contributed by atoms with van der Waals surface area (Å²) >= 11 is 0. The van der Waals surface area contributed by atoms with E-state index in [9.17, 15) is 9.90 Å². The predicted molar refractivity (Wildman–Crippen MR) is 65.1 cm³/mol. The Morgan fingerprint density at radius 1 is 1.59 bits per heavy atom. The molecule has 1 heterocycles. The Labute approximate surface area is 100 Å². The molecule has 1 aliphatic rings. The molecule has 1 aromatic heterocycles. The Balaban J connectivity index is 1.79. The number of rotatable bonds is 4. The lowest BCUT2D eigenvalue weighted by Gasteiger charge is -2.36. The van der Waals surface area contributed by atoms with Crippen molar-refractivity contribution in [3.8, 4) is 0 Å². The smallest absolute Gasteiger partial charge is 0.244 e. The van der Waals surface area contributed by atoms with Gasteiger partial charge in [-0.15, -0.1) is 0 Å². The fraction of sp³-hybridized carbons (Fsp3) is 0.385. The first-order valence-electron chi connectivity index (χ1n) is 5.76. The largest absolute Gasteiger partial charge is 0.388 e. The fourth-order valence-corrected chi connectivity index (χ4v) is 1.72. The average molecular weight is 232 g/mol. The zero-order valence-corrected chi connectivity index (χ0v) is 9.60. The molecular formula is C13H16N2O2. The molecule has 4 heteroatoms. The second kappa shape index (κ2) is 5.10. The first-order chi connectivity index (χ1) is 8.18. The number of pyridine rings is 1. The highest BCUT2D eigenvalue weighted by Gasteiger charge is 2.34. The van der Waals surface area contributed by atoms with Crippen molar-refractivity contribution in [2.24, 2.45) is 0 Å². The van der Waals surface area contributed by atoms with E-state index in [1.165, 1.54) is 6.08 Å². The third-order valence-corrected chi connectivity index (χ3v) is 2.99. The lowest BCUT2D eigenvalue weighted by atomic mass is 9.80. The number of nitrogens with zero attached hydrogens (tertiary/aromatic N) is 1. The van der Waals surface area contributed by atoms with Gasteiger partial charge in [0, 0.05) is 25.0 Å². The molecule has 0 atom stereocenters. The summed E-state index contributed by atoms with van der Waals surface area (Å²) in [5, 5.41) is 12.5. The number of amides is 1. The Hall–Kier alpha value is -1.68. The highest BCUT2D eigenvalue weighted by atomic mass is 16.3. The zero-order valence-electron chi connectivity index (χ0n) is 9.60. The number of hydrogen-bond donors (Lipinski definition) is 2. The summed E-state index contributed by atoms with van der Waals surface area (Å²) in [6.07, 6.45) is 9.12. The standard InChI is InChI=1S/C13H16N2O2/c16-12(15-10-13(17)6-2-7-13)5-4-11-3-1-8-14-9-11/h1,3-5,8-9,17H,2,6-7,10H2,(H,15,16). The highest BCUT2D eigenvalue weighted by Crippen LogP contribution is 2.30. The molecule has 1 fully saturated rings. The SMILES string of the molecule is O=C(C=Cc1cccnc1)NCC1(O)CCC1. The minimum absolute atomic E-state index is 0.186. The number of hydrogen-bond acceptors (Lipinski definition) is 3. The first-order valence-corrected chi connectivity index (χ1v) is 5.76. The van der Waals surface area contributed by atoms with Gasteiger partial charge in [-0.05, 0) is 37.0 Å². The van der Waals surface area contributed by atoms with Crippen LogP contribution in [-0.4, -0.2) is 28.1 Å². The number of aromatic nitrogens is 1. The lowest BCUT2D eigenvalue weighted by molar-refractivity contribution is -0.118. The maximum absolute atomic E-state index is 11.5. The van der Waals surface area contributed by atoms with Crippen LogP contribution in [0.3, 0.4) is 0 Å². The van der Waals surface area contributed by atoms with Gasteiger partial charge in [-0.2, -0.15) is 0 Å². The summed E-state index contributed by atoms with van der Waals surface area (Å²) in [5.41, 5.74) is 0.211. The summed E-state index contributed by atoms with van der Waals surface area (Å²) in [5.74, 6) is -0.186. The Bertz CT molecular complexity index is 411. The van der Waals surface area contributed by atoms with Crippen molar-refractivity contribution < 1.29 is 9.90 Å². The van der Waals surface area contributed by atoms with Crippen LogP contribution in [0.2, 0.25) is 0 Å². The third-order valence-electron chi connectivity index (χ3n) is 2.99. The maximum Gasteiger partial charge on any atom is 0.244 e. The molecule has 2 N–H and O–H groups in total. The van der Waals surface area contributed by atoms with Gasteiger partial charge in [0.2, 0.25) is 5.91 Å². The van der Waals surface area contributed by atoms with Crippen molar-refractivity contribution in [3.63, 3.8) is 0 Å². The van der Waals surface area contributed by atoms with E-state index in [0.29, 0.717) is 6.54 Å². The highest BCUT2D eigenvalue weighted by molar-refractivity contribution is 5.91. The van der Waals surface area contributed by atoms with Crippen molar-refractivity contribution in [2.45, 2.75) is 24.9 Å². The molecule has 0 saturated heterocycles. The van der Waals surface area contributed by atoms with Crippen LogP contribution >= 0.6 is 0 Å². The molecule has 4 nitrogen and oxygen atoms in total. The molecule has 1 aromatic rings. The molecule has 90 valence electrons. The molecule has 1 aliphatic carbocycles. The molecule has 17 heavy (non-hydrogen) atoms. The van der Waals surface area contributed by atoms with E-state index in [4.69, 9.17) is 0 Å². The third kappa shape index (κ3) is 3.39. The Kier molecular flexibility index (Phi) is 3.54. The normalized spacial score (nSPS) is 17.7. The van der Waals surface area contributed by atoms with E-state index in [-0.39, 0.29) is 5.91 Å². The molecule has 0 aliphatic heterocycles. The van der Waals surface area contributed by atoms with Crippen LogP contribution in [0.25, 0.3) is 6.08 Å². The van der Waals surface area contributed by atoms with Gasteiger partial charge < -0.3 is 10.4 Å². The minimum atomic E-state index is -0.669. The molecule has 0 spiro atoms. The van der Waals surface area contributed by atoms with E-state index in [2.05, 4.69) is 10.3 Å². The summed E-state index contributed by atoms with van der Waals surface area (Å²) in [6.45, 7) is 0.337. The van der Waals surface area contributed by atoms with Gasteiger partial charge in [0.1, 0.15) is 0 Å². The molecule has 0 bridgehead atoms. The van der Waals surface area contributed by atoms with Gasteiger partial charge >= 0.3 is 0 Å². The van der Waals surface area contributed by atoms with Crippen LogP contribution in [0.4, 0.5) is 0 Å². The molecule has 1 saturated carbocycles. The summed E-state index contributed by atoms with van der Waals surface area (Å²) in [6, 6.07) is 3.69. The van der Waals surface area contributed by atoms with Crippen LogP contribution in [0.5, 0.6) is 0 Å². The molecule has 0 unspecified atom stereocenters. The van der Waals surface area contributed by atoms with Gasteiger partial charge in [0.05, 0.1) is 5.60 Å². The molecule has 0 aromatic carbocycles. The first kappa shape index (κ1) is 11.8. The zero-order chi connectivity index (χ0) is 12.1. The molecule has 0 radical (unpaired) electrons. The Morgan fingerprint density at radius 3 is 3.00 bits per heavy atom. The topological polar surface area (TPSA) is 62.2 Å². The molecular weight excluding hydrogens is 216 g/mol. The lowest BCUT2D eigenvalue weighted by Crippen LogP contribution is -2.47. The van der Waals surface area contributed by atoms with E-state index in [1.54, 1.807) is 18.5 Å². The van der Waals surface area contributed by atoms with Crippen molar-refractivity contribution in [1.29, 1.82) is 0 Å². The van der Waals surface area contributed by atoms with E-state index in [0.717, 1.165) is 24.8 Å². The number of nitrogens with one attached hydrogen (secondary N) is 1. The number of carbonyl (C=O) groups excluding carboxylic acids is 1. The van der Waals surface area contributed by atoms with Crippen molar-refractivity contribution >= 4 is 12.0 Å². The van der Waals surface area contributed by atoms with Gasteiger partial charge in [0.15, 0.2) is 0 Å². The van der Waals surface area contributed by atoms with Crippen molar-refractivity contribution in [3.05, 3.63) is 36.2 Å². The van der Waals surface area contributed by atoms with Crippen LogP contribution < -0.4 is 5.32 Å². The maximum atomic E-state index is 11.5. The second-order valence-corrected chi connectivity index (χ2v) is 4.42. The monoisotopic (exact) mass is 232 g/mol.